The first-order chi connectivity index (χ1) is 6.74. The van der Waals surface area contributed by atoms with Crippen LogP contribution in [0.5, 0.6) is 0 Å². The van der Waals surface area contributed by atoms with Gasteiger partial charge in [-0.25, -0.2) is 0 Å². The molecule has 0 radical (unpaired) electrons. The van der Waals surface area contributed by atoms with Crippen LogP contribution in [0.2, 0.25) is 0 Å². The van der Waals surface area contributed by atoms with Crippen molar-refractivity contribution < 1.29 is 4.79 Å². The fraction of sp³-hybridized carbons (Fsp3) is 0.833. The molecule has 0 unspecified atom stereocenters. The van der Waals surface area contributed by atoms with Crippen molar-refractivity contribution in [2.45, 2.75) is 51.4 Å². The van der Waals surface area contributed by atoms with Gasteiger partial charge in [-0.3, -0.25) is 4.79 Å². The zero-order valence-corrected chi connectivity index (χ0v) is 8.59. The highest BCUT2D eigenvalue weighted by molar-refractivity contribution is 5.79. The minimum Gasteiger partial charge on any atom is -0.300 e. The highest BCUT2D eigenvalue weighted by Gasteiger charge is 2.38. The molecule has 0 N–H and O–H groups in total. The van der Waals surface area contributed by atoms with Crippen LogP contribution in [0.15, 0.2) is 0 Å². The first kappa shape index (κ1) is 9.71. The Morgan fingerprint density at radius 3 is 2.43 bits per heavy atom. The van der Waals surface area contributed by atoms with E-state index in [0.717, 1.165) is 25.2 Å². The van der Waals surface area contributed by atoms with Crippen LogP contribution in [0.1, 0.15) is 51.4 Å². The lowest BCUT2D eigenvalue weighted by Crippen LogP contribution is -2.30. The highest BCUT2D eigenvalue weighted by Crippen LogP contribution is 2.44. The molecule has 0 bridgehead atoms. The Kier molecular flexibility index (Phi) is 2.58. The smallest absolute Gasteiger partial charge is 0.133 e. The molecule has 2 rings (SSSR count). The zero-order chi connectivity index (χ0) is 10.0. The third-order valence-electron chi connectivity index (χ3n) is 3.91. The second-order valence-electron chi connectivity index (χ2n) is 4.93. The summed E-state index contributed by atoms with van der Waals surface area (Å²) in [4.78, 5) is 11.1. The van der Waals surface area contributed by atoms with E-state index in [2.05, 4.69) is 6.07 Å². The lowest BCUT2D eigenvalue weighted by molar-refractivity contribution is -0.122. The molecule has 2 nitrogen and oxygen atoms in total. The zero-order valence-electron chi connectivity index (χ0n) is 8.59. The lowest BCUT2D eigenvalue weighted by atomic mass is 9.66. The summed E-state index contributed by atoms with van der Waals surface area (Å²) in [6, 6.07) is 2.48. The van der Waals surface area contributed by atoms with Crippen molar-refractivity contribution in [3.63, 3.8) is 0 Å². The quantitative estimate of drug-likeness (QED) is 0.673. The third-order valence-corrected chi connectivity index (χ3v) is 3.91. The van der Waals surface area contributed by atoms with E-state index in [-0.39, 0.29) is 5.41 Å². The van der Waals surface area contributed by atoms with Crippen LogP contribution in [0.4, 0.5) is 0 Å². The Labute approximate surface area is 85.3 Å². The largest absolute Gasteiger partial charge is 0.300 e. The summed E-state index contributed by atoms with van der Waals surface area (Å²) in [5, 5.41) is 9.23. The average molecular weight is 191 g/mol. The number of nitrogens with zero attached hydrogens (tertiary/aromatic N) is 1. The number of hydrogen-bond donors (Lipinski definition) is 0. The second kappa shape index (κ2) is 3.73. The van der Waals surface area contributed by atoms with Gasteiger partial charge in [0.15, 0.2) is 0 Å². The maximum Gasteiger partial charge on any atom is 0.133 e. The normalized spacial score (nSPS) is 26.6. The summed E-state index contributed by atoms with van der Waals surface area (Å²) in [5.74, 6) is 1.13. The number of Topliss-reactive ketones (excluding diaryl/α,β-unsaturated/α-hetero) is 1. The van der Waals surface area contributed by atoms with E-state index in [1.165, 1.54) is 19.3 Å². The fourth-order valence-electron chi connectivity index (χ4n) is 2.62. The molecular weight excluding hydrogens is 174 g/mol. The first-order valence-corrected chi connectivity index (χ1v) is 5.67. The Balaban J connectivity index is 1.95. The maximum absolute atomic E-state index is 11.1. The van der Waals surface area contributed by atoms with Gasteiger partial charge in [-0.05, 0) is 25.2 Å². The molecular formula is C12H17NO. The molecule has 0 spiro atoms. The Bertz CT molecular complexity index is 263. The van der Waals surface area contributed by atoms with E-state index in [4.69, 9.17) is 0 Å². The number of ketones is 1. The topological polar surface area (TPSA) is 40.9 Å². The predicted molar refractivity (Wildman–Crippen MR) is 53.5 cm³/mol. The van der Waals surface area contributed by atoms with Crippen LogP contribution >= 0.6 is 0 Å². The molecule has 0 aromatic rings. The van der Waals surface area contributed by atoms with E-state index in [1.54, 1.807) is 0 Å². The van der Waals surface area contributed by atoms with Gasteiger partial charge in [0.05, 0.1) is 11.5 Å². The van der Waals surface area contributed by atoms with E-state index in [9.17, 15) is 10.1 Å². The van der Waals surface area contributed by atoms with E-state index >= 15 is 0 Å². The van der Waals surface area contributed by atoms with Crippen LogP contribution in [0.3, 0.4) is 0 Å². The van der Waals surface area contributed by atoms with Crippen LogP contribution in [-0.4, -0.2) is 5.78 Å². The van der Waals surface area contributed by atoms with Gasteiger partial charge in [0, 0.05) is 12.8 Å². The molecule has 0 aromatic heterocycles. The summed E-state index contributed by atoms with van der Waals surface area (Å²) < 4.78 is 0. The molecule has 14 heavy (non-hydrogen) atoms. The van der Waals surface area contributed by atoms with Gasteiger partial charge in [-0.1, -0.05) is 19.3 Å². The Morgan fingerprint density at radius 1 is 1.36 bits per heavy atom. The van der Waals surface area contributed by atoms with E-state index in [1.807, 2.05) is 0 Å². The molecule has 0 saturated heterocycles. The summed E-state index contributed by atoms with van der Waals surface area (Å²) >= 11 is 0. The Morgan fingerprint density at radius 2 is 2.00 bits per heavy atom. The first-order valence-electron chi connectivity index (χ1n) is 5.67. The van der Waals surface area contributed by atoms with Gasteiger partial charge in [0.2, 0.25) is 0 Å². The number of rotatable bonds is 2. The number of nitriles is 1. The van der Waals surface area contributed by atoms with Crippen molar-refractivity contribution in [2.24, 2.45) is 11.3 Å². The summed E-state index contributed by atoms with van der Waals surface area (Å²) in [7, 11) is 0. The molecule has 76 valence electrons. The lowest BCUT2D eigenvalue weighted by Gasteiger charge is -2.36. The monoisotopic (exact) mass is 191 g/mol. The Hall–Kier alpha value is -0.840. The molecule has 2 saturated carbocycles. The van der Waals surface area contributed by atoms with Gasteiger partial charge in [0.1, 0.15) is 5.78 Å². The molecule has 2 heteroatoms. The standard InChI is InChI=1S/C12H17NO/c13-9-12(8-10-2-1-3-10)6-4-11(14)5-7-12/h10H,1-8H2. The predicted octanol–water partition coefficient (Wildman–Crippen LogP) is 2.83. The van der Waals surface area contributed by atoms with Crippen molar-refractivity contribution >= 4 is 5.78 Å². The molecule has 2 fully saturated rings. The van der Waals surface area contributed by atoms with E-state index < -0.39 is 0 Å². The average Bonchev–Trinajstić information content (AvgIpc) is 2.15. The van der Waals surface area contributed by atoms with Crippen LogP contribution in [0, 0.1) is 22.7 Å². The van der Waals surface area contributed by atoms with Crippen LogP contribution < -0.4 is 0 Å². The molecule has 0 amide bonds. The minimum absolute atomic E-state index is 0.140. The summed E-state index contributed by atoms with van der Waals surface area (Å²) in [5.41, 5.74) is -0.140. The van der Waals surface area contributed by atoms with Gasteiger partial charge in [-0.2, -0.15) is 5.26 Å². The second-order valence-corrected chi connectivity index (χ2v) is 4.93. The third kappa shape index (κ3) is 1.82. The molecule has 0 heterocycles. The van der Waals surface area contributed by atoms with Crippen molar-refractivity contribution in [1.82, 2.24) is 0 Å². The van der Waals surface area contributed by atoms with Crippen molar-refractivity contribution in [1.29, 1.82) is 5.26 Å². The van der Waals surface area contributed by atoms with Gasteiger partial charge < -0.3 is 0 Å². The molecule has 0 atom stereocenters. The summed E-state index contributed by atoms with van der Waals surface area (Å²) in [6.45, 7) is 0. The number of hydrogen-bond acceptors (Lipinski definition) is 2. The fourth-order valence-corrected chi connectivity index (χ4v) is 2.62. The number of carbonyl (C=O) groups excluding carboxylic acids is 1. The van der Waals surface area contributed by atoms with Crippen LogP contribution in [-0.2, 0) is 4.79 Å². The molecule has 0 aromatic carbocycles. The maximum atomic E-state index is 11.1. The number of carbonyl (C=O) groups is 1. The SMILES string of the molecule is N#CC1(CC2CCC2)CCC(=O)CC1. The highest BCUT2D eigenvalue weighted by atomic mass is 16.1. The van der Waals surface area contributed by atoms with Crippen molar-refractivity contribution in [2.75, 3.05) is 0 Å². The van der Waals surface area contributed by atoms with Crippen molar-refractivity contribution in [3.05, 3.63) is 0 Å². The van der Waals surface area contributed by atoms with Crippen LogP contribution in [0.25, 0.3) is 0 Å². The van der Waals surface area contributed by atoms with Gasteiger partial charge in [-0.15, -0.1) is 0 Å². The van der Waals surface area contributed by atoms with E-state index in [0.29, 0.717) is 18.6 Å². The van der Waals surface area contributed by atoms with Gasteiger partial charge >= 0.3 is 0 Å². The van der Waals surface area contributed by atoms with Gasteiger partial charge in [0.25, 0.3) is 0 Å². The minimum atomic E-state index is -0.140. The van der Waals surface area contributed by atoms with Crippen molar-refractivity contribution in [3.8, 4) is 6.07 Å². The molecule has 0 aliphatic heterocycles. The molecule has 2 aliphatic rings. The molecule has 2 aliphatic carbocycles. The summed E-state index contributed by atoms with van der Waals surface area (Å²) in [6.07, 6.45) is 7.91.